The van der Waals surface area contributed by atoms with Gasteiger partial charge >= 0.3 is 12.0 Å². The van der Waals surface area contributed by atoms with Gasteiger partial charge in [-0.2, -0.15) is 0 Å². The number of carbonyl (C=O) groups excluding carboxylic acids is 3. The first-order chi connectivity index (χ1) is 10.9. The van der Waals surface area contributed by atoms with Crippen LogP contribution in [0.25, 0.3) is 0 Å². The molecule has 0 saturated heterocycles. The van der Waals surface area contributed by atoms with Crippen molar-refractivity contribution >= 4 is 23.6 Å². The molecule has 1 aliphatic rings. The van der Waals surface area contributed by atoms with Crippen LogP contribution in [0, 0.1) is 10.1 Å². The predicted octanol–water partition coefficient (Wildman–Crippen LogP) is 1.13. The number of nitro groups is 1. The highest BCUT2D eigenvalue weighted by atomic mass is 16.6. The van der Waals surface area contributed by atoms with Crippen molar-refractivity contribution in [3.8, 4) is 0 Å². The number of amides is 3. The molecular weight excluding hydrogens is 306 g/mol. The summed E-state index contributed by atoms with van der Waals surface area (Å²) < 4.78 is 4.88. The summed E-state index contributed by atoms with van der Waals surface area (Å²) >= 11 is 0. The van der Waals surface area contributed by atoms with Gasteiger partial charge in [0.05, 0.1) is 4.92 Å². The number of benzene rings is 1. The van der Waals surface area contributed by atoms with Gasteiger partial charge in [0.1, 0.15) is 5.56 Å². The van der Waals surface area contributed by atoms with Crippen molar-refractivity contribution in [3.05, 3.63) is 39.9 Å². The van der Waals surface area contributed by atoms with E-state index in [4.69, 9.17) is 4.74 Å². The molecule has 0 aromatic heterocycles. The second-order valence-corrected chi connectivity index (χ2v) is 5.06. The third-order valence-corrected chi connectivity index (χ3v) is 3.12. The van der Waals surface area contributed by atoms with Gasteiger partial charge in [-0.15, -0.1) is 0 Å². The highest BCUT2D eigenvalue weighted by Crippen LogP contribution is 2.19. The lowest BCUT2D eigenvalue weighted by atomic mass is 10.2. The Labute approximate surface area is 131 Å². The number of imide groups is 1. The number of nitro benzene ring substituents is 1. The van der Waals surface area contributed by atoms with Crippen LogP contribution in [0.4, 0.5) is 10.5 Å². The molecule has 2 rings (SSSR count). The fraction of sp³-hybridized carbons (Fsp3) is 0.357. The molecule has 0 unspecified atom stereocenters. The molecule has 0 bridgehead atoms. The first kappa shape index (κ1) is 16.4. The number of hydrogen-bond donors (Lipinski definition) is 2. The number of nitrogens with one attached hydrogen (secondary N) is 2. The van der Waals surface area contributed by atoms with Crippen LogP contribution < -0.4 is 10.6 Å². The summed E-state index contributed by atoms with van der Waals surface area (Å²) in [5.74, 6) is -1.82. The normalized spacial score (nSPS) is 14.5. The Kier molecular flexibility index (Phi) is 4.89. The summed E-state index contributed by atoms with van der Waals surface area (Å²) in [6.07, 6.45) is 0.459. The van der Waals surface area contributed by atoms with Crippen LogP contribution in [-0.4, -0.2) is 35.0 Å². The van der Waals surface area contributed by atoms with E-state index in [-0.39, 0.29) is 11.6 Å². The minimum atomic E-state index is -1.27. The average molecular weight is 321 g/mol. The van der Waals surface area contributed by atoms with E-state index in [9.17, 15) is 24.5 Å². The number of para-hydroxylation sites is 1. The summed E-state index contributed by atoms with van der Waals surface area (Å²) in [6, 6.07) is 4.65. The maximum atomic E-state index is 12.0. The molecule has 9 nitrogen and oxygen atoms in total. The van der Waals surface area contributed by atoms with E-state index in [0.717, 1.165) is 18.9 Å². The molecule has 9 heteroatoms. The highest BCUT2D eigenvalue weighted by Gasteiger charge is 2.27. The summed E-state index contributed by atoms with van der Waals surface area (Å²) in [6.45, 7) is 1.27. The molecule has 1 saturated carbocycles. The van der Waals surface area contributed by atoms with E-state index in [1.807, 2.05) is 5.32 Å². The first-order valence-corrected chi connectivity index (χ1v) is 6.94. The van der Waals surface area contributed by atoms with Gasteiger partial charge in [-0.05, 0) is 25.8 Å². The Morgan fingerprint density at radius 2 is 1.96 bits per heavy atom. The molecule has 1 aromatic rings. The number of hydrogen-bond acceptors (Lipinski definition) is 6. The summed E-state index contributed by atoms with van der Waals surface area (Å²) in [5, 5.41) is 15.5. The van der Waals surface area contributed by atoms with Crippen LogP contribution in [0.5, 0.6) is 0 Å². The summed E-state index contributed by atoms with van der Waals surface area (Å²) in [5.41, 5.74) is -0.684. The molecule has 23 heavy (non-hydrogen) atoms. The lowest BCUT2D eigenvalue weighted by molar-refractivity contribution is -0.385. The largest absolute Gasteiger partial charge is 0.449 e. The number of ether oxygens (including phenoxy) is 1. The Morgan fingerprint density at radius 1 is 1.30 bits per heavy atom. The van der Waals surface area contributed by atoms with Gasteiger partial charge < -0.3 is 10.1 Å². The zero-order valence-corrected chi connectivity index (χ0v) is 12.3. The van der Waals surface area contributed by atoms with Crippen LogP contribution in [0.3, 0.4) is 0 Å². The SMILES string of the molecule is C[C@H](OC(=O)c1ccccc1[N+](=O)[O-])C(=O)NC(=O)NC1CC1. The maximum absolute atomic E-state index is 12.0. The Bertz CT molecular complexity index is 656. The molecule has 122 valence electrons. The number of nitrogens with zero attached hydrogens (tertiary/aromatic N) is 1. The van der Waals surface area contributed by atoms with E-state index >= 15 is 0 Å². The third kappa shape index (κ3) is 4.50. The number of rotatable bonds is 5. The van der Waals surface area contributed by atoms with Gasteiger partial charge in [0, 0.05) is 12.1 Å². The number of esters is 1. The molecule has 0 heterocycles. The van der Waals surface area contributed by atoms with E-state index < -0.39 is 34.6 Å². The number of urea groups is 1. The fourth-order valence-corrected chi connectivity index (χ4v) is 1.75. The minimum absolute atomic E-state index is 0.0765. The van der Waals surface area contributed by atoms with Gasteiger partial charge in [-0.3, -0.25) is 20.2 Å². The molecule has 1 fully saturated rings. The van der Waals surface area contributed by atoms with Crippen LogP contribution in [-0.2, 0) is 9.53 Å². The van der Waals surface area contributed by atoms with Crippen molar-refractivity contribution in [1.82, 2.24) is 10.6 Å². The van der Waals surface area contributed by atoms with Crippen LogP contribution in [0.2, 0.25) is 0 Å². The van der Waals surface area contributed by atoms with Crippen molar-refractivity contribution in [3.63, 3.8) is 0 Å². The average Bonchev–Trinajstić information content (AvgIpc) is 3.30. The molecule has 3 amide bonds. The smallest absolute Gasteiger partial charge is 0.345 e. The quantitative estimate of drug-likeness (QED) is 0.475. The Balaban J connectivity index is 1.94. The first-order valence-electron chi connectivity index (χ1n) is 6.94. The van der Waals surface area contributed by atoms with Crippen LogP contribution >= 0.6 is 0 Å². The second-order valence-electron chi connectivity index (χ2n) is 5.06. The van der Waals surface area contributed by atoms with Gasteiger partial charge in [0.15, 0.2) is 6.10 Å². The van der Waals surface area contributed by atoms with E-state index in [0.29, 0.717) is 0 Å². The fourth-order valence-electron chi connectivity index (χ4n) is 1.75. The van der Waals surface area contributed by atoms with Crippen molar-refractivity contribution in [1.29, 1.82) is 0 Å². The van der Waals surface area contributed by atoms with Crippen LogP contribution in [0.15, 0.2) is 24.3 Å². The number of carbonyl (C=O) groups is 3. The molecule has 0 radical (unpaired) electrons. The molecule has 1 aromatic carbocycles. The molecule has 0 aliphatic heterocycles. The topological polar surface area (TPSA) is 128 Å². The molecule has 1 aliphatic carbocycles. The maximum Gasteiger partial charge on any atom is 0.345 e. The monoisotopic (exact) mass is 321 g/mol. The molecule has 1 atom stereocenters. The van der Waals surface area contributed by atoms with Gasteiger partial charge in [0.2, 0.25) is 0 Å². The zero-order chi connectivity index (χ0) is 17.0. The van der Waals surface area contributed by atoms with Gasteiger partial charge in [0.25, 0.3) is 11.6 Å². The minimum Gasteiger partial charge on any atom is -0.449 e. The van der Waals surface area contributed by atoms with Gasteiger partial charge in [-0.25, -0.2) is 9.59 Å². The predicted molar refractivity (Wildman–Crippen MR) is 77.7 cm³/mol. The summed E-state index contributed by atoms with van der Waals surface area (Å²) in [4.78, 5) is 45.3. The highest BCUT2D eigenvalue weighted by molar-refractivity contribution is 5.99. The van der Waals surface area contributed by atoms with Crippen LogP contribution in [0.1, 0.15) is 30.1 Å². The third-order valence-electron chi connectivity index (χ3n) is 3.12. The van der Waals surface area contributed by atoms with Gasteiger partial charge in [-0.1, -0.05) is 12.1 Å². The van der Waals surface area contributed by atoms with Crippen molar-refractivity contribution in [2.45, 2.75) is 31.9 Å². The van der Waals surface area contributed by atoms with Crippen molar-refractivity contribution < 1.29 is 24.0 Å². The standard InChI is InChI=1S/C14H15N3O6/c1-8(12(18)16-14(20)15-9-6-7-9)23-13(19)10-4-2-3-5-11(10)17(21)22/h2-5,8-9H,6-7H2,1H3,(H2,15,16,18,20)/t8-/m0/s1. The Morgan fingerprint density at radius 3 is 2.57 bits per heavy atom. The van der Waals surface area contributed by atoms with E-state index in [1.54, 1.807) is 0 Å². The second kappa shape index (κ2) is 6.86. The van der Waals surface area contributed by atoms with E-state index in [2.05, 4.69) is 5.32 Å². The zero-order valence-electron chi connectivity index (χ0n) is 12.3. The molecular formula is C14H15N3O6. The lowest BCUT2D eigenvalue weighted by Gasteiger charge is -2.13. The molecule has 2 N–H and O–H groups in total. The molecule has 0 spiro atoms. The van der Waals surface area contributed by atoms with E-state index in [1.165, 1.54) is 25.1 Å². The van der Waals surface area contributed by atoms with Crippen molar-refractivity contribution in [2.24, 2.45) is 0 Å². The lowest BCUT2D eigenvalue weighted by Crippen LogP contribution is -2.45. The summed E-state index contributed by atoms with van der Waals surface area (Å²) in [7, 11) is 0. The van der Waals surface area contributed by atoms with Crippen molar-refractivity contribution in [2.75, 3.05) is 0 Å². The Hall–Kier alpha value is -2.97.